The smallest absolute Gasteiger partial charge is 0.0598 e. The van der Waals surface area contributed by atoms with Gasteiger partial charge < -0.3 is 4.57 Å². The molecule has 0 atom stereocenters. The van der Waals surface area contributed by atoms with Gasteiger partial charge in [-0.15, -0.1) is 0 Å². The first-order valence-corrected chi connectivity index (χ1v) is 6.37. The summed E-state index contributed by atoms with van der Waals surface area (Å²) in [7, 11) is 0. The van der Waals surface area contributed by atoms with E-state index in [9.17, 15) is 0 Å². The first kappa shape index (κ1) is 10.6. The molecule has 0 aliphatic heterocycles. The van der Waals surface area contributed by atoms with Crippen LogP contribution in [0.5, 0.6) is 0 Å². The van der Waals surface area contributed by atoms with Gasteiger partial charge in [0.2, 0.25) is 0 Å². The van der Waals surface area contributed by atoms with Gasteiger partial charge in [0.05, 0.1) is 11.2 Å². The third kappa shape index (κ3) is 1.79. The number of para-hydroxylation sites is 1. The van der Waals surface area contributed by atoms with E-state index in [4.69, 9.17) is 0 Å². The maximum Gasteiger partial charge on any atom is 0.0598 e. The maximum absolute atomic E-state index is 3.63. The summed E-state index contributed by atoms with van der Waals surface area (Å²) in [5, 5.41) is 1.26. The lowest BCUT2D eigenvalue weighted by atomic mass is 10.2. The highest BCUT2D eigenvalue weighted by atomic mass is 79.9. The predicted octanol–water partition coefficient (Wildman–Crippen LogP) is 4.70. The summed E-state index contributed by atoms with van der Waals surface area (Å²) in [6.07, 6.45) is 2.11. The number of nitrogens with zero attached hydrogens (tertiary/aromatic N) is 1. The number of hydrogen-bond donors (Lipinski definition) is 0. The van der Waals surface area contributed by atoms with E-state index in [2.05, 4.69) is 82.1 Å². The number of aromatic nitrogens is 1. The van der Waals surface area contributed by atoms with Crippen LogP contribution in [0, 0.1) is 6.92 Å². The molecule has 0 aliphatic carbocycles. The second-order valence-electron chi connectivity index (χ2n) is 4.20. The largest absolute Gasteiger partial charge is 0.315 e. The Labute approximate surface area is 109 Å². The number of aryl methyl sites for hydroxylation is 1. The summed E-state index contributed by atoms with van der Waals surface area (Å²) in [5.41, 5.74) is 3.67. The van der Waals surface area contributed by atoms with Crippen LogP contribution in [-0.2, 0) is 0 Å². The number of halogens is 1. The summed E-state index contributed by atoms with van der Waals surface area (Å²) in [4.78, 5) is 0. The van der Waals surface area contributed by atoms with E-state index in [-0.39, 0.29) is 0 Å². The van der Waals surface area contributed by atoms with Crippen molar-refractivity contribution >= 4 is 26.8 Å². The average Bonchev–Trinajstić information content (AvgIpc) is 2.73. The Hall–Kier alpha value is -1.54. The van der Waals surface area contributed by atoms with Crippen LogP contribution in [0.25, 0.3) is 16.6 Å². The topological polar surface area (TPSA) is 4.93 Å². The van der Waals surface area contributed by atoms with E-state index in [1.165, 1.54) is 22.2 Å². The molecule has 1 heterocycles. The summed E-state index contributed by atoms with van der Waals surface area (Å²) in [5.74, 6) is 0. The monoisotopic (exact) mass is 285 g/mol. The van der Waals surface area contributed by atoms with Crippen LogP contribution in [0.2, 0.25) is 0 Å². The van der Waals surface area contributed by atoms with Gasteiger partial charge in [-0.1, -0.05) is 24.3 Å². The van der Waals surface area contributed by atoms with Crippen molar-refractivity contribution in [1.82, 2.24) is 4.57 Å². The van der Waals surface area contributed by atoms with Crippen molar-refractivity contribution in [2.75, 3.05) is 0 Å². The van der Waals surface area contributed by atoms with Crippen LogP contribution < -0.4 is 0 Å². The van der Waals surface area contributed by atoms with Crippen LogP contribution >= 0.6 is 15.9 Å². The fraction of sp³-hybridized carbons (Fsp3) is 0.0667. The Kier molecular flexibility index (Phi) is 2.52. The van der Waals surface area contributed by atoms with Gasteiger partial charge in [0.15, 0.2) is 0 Å². The third-order valence-electron chi connectivity index (χ3n) is 2.96. The molecule has 84 valence electrons. The maximum atomic E-state index is 3.63. The highest BCUT2D eigenvalue weighted by Crippen LogP contribution is 2.26. The Balaban J connectivity index is 2.27. The lowest BCUT2D eigenvalue weighted by Gasteiger charge is -2.08. The highest BCUT2D eigenvalue weighted by molar-refractivity contribution is 9.10. The van der Waals surface area contributed by atoms with Crippen LogP contribution in [0.1, 0.15) is 5.56 Å². The SMILES string of the molecule is Cc1ccc(-n2ccc3ccccc32)c(Br)c1. The van der Waals surface area contributed by atoms with Crippen LogP contribution in [-0.4, -0.2) is 4.57 Å². The van der Waals surface area contributed by atoms with Crippen LogP contribution in [0.15, 0.2) is 59.2 Å². The average molecular weight is 286 g/mol. The van der Waals surface area contributed by atoms with Crippen molar-refractivity contribution in [3.63, 3.8) is 0 Å². The number of fused-ring (bicyclic) bond motifs is 1. The molecule has 1 nitrogen and oxygen atoms in total. The van der Waals surface area contributed by atoms with Gasteiger partial charge in [-0.05, 0) is 58.1 Å². The number of rotatable bonds is 1. The molecule has 3 rings (SSSR count). The van der Waals surface area contributed by atoms with Crippen molar-refractivity contribution in [3.05, 3.63) is 64.8 Å². The zero-order valence-corrected chi connectivity index (χ0v) is 11.1. The fourth-order valence-corrected chi connectivity index (χ4v) is 2.78. The minimum atomic E-state index is 1.12. The second-order valence-corrected chi connectivity index (χ2v) is 5.05. The summed E-state index contributed by atoms with van der Waals surface area (Å²) < 4.78 is 3.33. The van der Waals surface area contributed by atoms with Gasteiger partial charge in [-0.3, -0.25) is 0 Å². The lowest BCUT2D eigenvalue weighted by Crippen LogP contribution is -1.93. The molecule has 0 aliphatic rings. The van der Waals surface area contributed by atoms with E-state index in [0.29, 0.717) is 0 Å². The predicted molar refractivity (Wildman–Crippen MR) is 75.7 cm³/mol. The molecule has 3 aromatic rings. The molecule has 0 fully saturated rings. The van der Waals surface area contributed by atoms with E-state index < -0.39 is 0 Å². The fourth-order valence-electron chi connectivity index (χ4n) is 2.10. The molecular formula is C15H12BrN. The van der Waals surface area contributed by atoms with Gasteiger partial charge in [0.1, 0.15) is 0 Å². The van der Waals surface area contributed by atoms with Crippen LogP contribution in [0.4, 0.5) is 0 Å². The zero-order valence-electron chi connectivity index (χ0n) is 9.52. The van der Waals surface area contributed by atoms with Crippen molar-refractivity contribution < 1.29 is 0 Å². The Bertz CT molecular complexity index is 682. The molecule has 0 spiro atoms. The first-order valence-electron chi connectivity index (χ1n) is 5.58. The Morgan fingerprint density at radius 2 is 1.82 bits per heavy atom. The molecule has 2 aromatic carbocycles. The number of hydrogen-bond acceptors (Lipinski definition) is 0. The molecule has 0 saturated carbocycles. The number of benzene rings is 2. The molecule has 0 N–H and O–H groups in total. The second kappa shape index (κ2) is 4.04. The summed E-state index contributed by atoms with van der Waals surface area (Å²) >= 11 is 3.63. The quantitative estimate of drug-likeness (QED) is 0.611. The van der Waals surface area contributed by atoms with E-state index in [0.717, 1.165) is 4.47 Å². The summed E-state index contributed by atoms with van der Waals surface area (Å²) in [6, 6.07) is 17.0. The van der Waals surface area contributed by atoms with Gasteiger partial charge >= 0.3 is 0 Å². The molecule has 17 heavy (non-hydrogen) atoms. The van der Waals surface area contributed by atoms with E-state index >= 15 is 0 Å². The molecule has 0 saturated heterocycles. The molecule has 0 bridgehead atoms. The first-order chi connectivity index (χ1) is 8.25. The van der Waals surface area contributed by atoms with Crippen molar-refractivity contribution in [1.29, 1.82) is 0 Å². The van der Waals surface area contributed by atoms with Crippen molar-refractivity contribution in [2.45, 2.75) is 6.92 Å². The molecule has 0 radical (unpaired) electrons. The van der Waals surface area contributed by atoms with E-state index in [1.807, 2.05) is 0 Å². The van der Waals surface area contributed by atoms with Gasteiger partial charge in [0, 0.05) is 10.7 Å². The van der Waals surface area contributed by atoms with Crippen molar-refractivity contribution in [3.8, 4) is 5.69 Å². The van der Waals surface area contributed by atoms with Gasteiger partial charge in [-0.2, -0.15) is 0 Å². The van der Waals surface area contributed by atoms with E-state index in [1.54, 1.807) is 0 Å². The molecule has 0 amide bonds. The molecule has 1 aromatic heterocycles. The lowest BCUT2D eigenvalue weighted by molar-refractivity contribution is 1.11. The standard InChI is InChI=1S/C15H12BrN/c1-11-6-7-15(13(16)10-11)17-9-8-12-4-2-3-5-14(12)17/h2-10H,1H3. The van der Waals surface area contributed by atoms with Crippen LogP contribution in [0.3, 0.4) is 0 Å². The summed E-state index contributed by atoms with van der Waals surface area (Å²) in [6.45, 7) is 2.10. The molecule has 0 unspecified atom stereocenters. The molecule has 2 heteroatoms. The Morgan fingerprint density at radius 3 is 2.65 bits per heavy atom. The highest BCUT2D eigenvalue weighted by Gasteiger charge is 2.05. The van der Waals surface area contributed by atoms with Gasteiger partial charge in [0.25, 0.3) is 0 Å². The van der Waals surface area contributed by atoms with Gasteiger partial charge in [-0.25, -0.2) is 0 Å². The normalized spacial score (nSPS) is 10.9. The minimum absolute atomic E-state index is 1.12. The Morgan fingerprint density at radius 1 is 1.00 bits per heavy atom. The zero-order chi connectivity index (χ0) is 11.8. The third-order valence-corrected chi connectivity index (χ3v) is 3.60. The molecular weight excluding hydrogens is 274 g/mol. The minimum Gasteiger partial charge on any atom is -0.315 e. The van der Waals surface area contributed by atoms with Crippen molar-refractivity contribution in [2.24, 2.45) is 0 Å².